The number of hydrogen-bond acceptors (Lipinski definition) is 5. The molecule has 2 amide bonds. The largest absolute Gasteiger partial charge is 0.490 e. The minimum atomic E-state index is -0.253. The van der Waals surface area contributed by atoms with E-state index in [0.29, 0.717) is 29.7 Å². The molecule has 0 radical (unpaired) electrons. The third-order valence-electron chi connectivity index (χ3n) is 7.81. The van der Waals surface area contributed by atoms with Gasteiger partial charge in [0, 0.05) is 10.6 Å². The predicted octanol–water partition coefficient (Wildman–Crippen LogP) is 5.45. The van der Waals surface area contributed by atoms with E-state index in [1.165, 1.54) is 0 Å². The van der Waals surface area contributed by atoms with E-state index < -0.39 is 0 Å². The lowest BCUT2D eigenvalue weighted by Crippen LogP contribution is -2.30. The first-order valence-electron chi connectivity index (χ1n) is 11.9. The second kappa shape index (κ2) is 8.62. The number of ether oxygens (including phenoxy) is 2. The average molecular weight is 603 g/mol. The Morgan fingerprint density at radius 2 is 1.80 bits per heavy atom. The van der Waals surface area contributed by atoms with Crippen molar-refractivity contribution in [2.45, 2.75) is 26.4 Å². The summed E-state index contributed by atoms with van der Waals surface area (Å²) >= 11 is 8.45. The summed E-state index contributed by atoms with van der Waals surface area (Å²) in [5.41, 5.74) is 1.78. The number of fused-ring (bicyclic) bond motifs is 3. The number of benzene rings is 2. The van der Waals surface area contributed by atoms with Crippen LogP contribution in [0.1, 0.15) is 30.9 Å². The van der Waals surface area contributed by atoms with E-state index in [2.05, 4.69) is 39.8 Å². The highest BCUT2D eigenvalue weighted by atomic mass is 127. The van der Waals surface area contributed by atoms with Crippen LogP contribution in [-0.2, 0) is 16.2 Å². The van der Waals surface area contributed by atoms with E-state index in [0.717, 1.165) is 32.5 Å². The Kier molecular flexibility index (Phi) is 5.67. The fraction of sp³-hybridized carbons (Fsp3) is 0.370. The monoisotopic (exact) mass is 602 g/mol. The maximum atomic E-state index is 13.2. The Hall–Kier alpha value is -2.39. The Morgan fingerprint density at radius 1 is 1.11 bits per heavy atom. The molecule has 0 N–H and O–H groups in total. The third kappa shape index (κ3) is 3.61. The van der Waals surface area contributed by atoms with Gasteiger partial charge >= 0.3 is 0 Å². The van der Waals surface area contributed by atoms with Crippen LogP contribution in [0.3, 0.4) is 0 Å². The molecular formula is C27H24ClIN2O4. The number of nitrogens with zero attached hydrogens (tertiary/aromatic N) is 2. The van der Waals surface area contributed by atoms with Gasteiger partial charge in [0.25, 0.3) is 11.8 Å². The van der Waals surface area contributed by atoms with Crippen molar-refractivity contribution < 1.29 is 19.1 Å². The van der Waals surface area contributed by atoms with Crippen molar-refractivity contribution in [3.8, 4) is 11.5 Å². The summed E-state index contributed by atoms with van der Waals surface area (Å²) in [6, 6.07) is 11.2. The standard InChI is InChI=1S/C27H24ClIN2O4/c1-2-34-21-12-15(11-20(29)24(21)35-14-16-5-3-4-6-19(16)28)13-30-31-25(32)22-17-7-8-18(23(22)26(31)33)27(17)9-10-27/h3-8,11-13,17-18,22-23H,2,9-10,14H2,1H3/b30-13-/t17-,18-,22-,23-/m1/s1. The second-order valence-corrected chi connectivity index (χ2v) is 11.2. The molecule has 4 atom stereocenters. The zero-order valence-corrected chi connectivity index (χ0v) is 22.0. The van der Waals surface area contributed by atoms with Crippen LogP contribution in [0.5, 0.6) is 11.5 Å². The van der Waals surface area contributed by atoms with Crippen molar-refractivity contribution in [2.75, 3.05) is 6.61 Å². The normalized spacial score (nSPS) is 27.3. The Morgan fingerprint density at radius 3 is 2.43 bits per heavy atom. The van der Waals surface area contributed by atoms with Gasteiger partial charge in [-0.15, -0.1) is 0 Å². The van der Waals surface area contributed by atoms with E-state index in [9.17, 15) is 9.59 Å². The molecule has 2 bridgehead atoms. The van der Waals surface area contributed by atoms with Gasteiger partial charge in [-0.05, 0) is 83.4 Å². The maximum absolute atomic E-state index is 13.2. The molecule has 3 aliphatic carbocycles. The van der Waals surface area contributed by atoms with Crippen molar-refractivity contribution >= 4 is 52.2 Å². The quantitative estimate of drug-likeness (QED) is 0.183. The van der Waals surface area contributed by atoms with E-state index in [-0.39, 0.29) is 40.9 Å². The molecule has 6 rings (SSSR count). The number of allylic oxidation sites excluding steroid dienone is 2. The van der Waals surface area contributed by atoms with Crippen molar-refractivity contribution in [3.63, 3.8) is 0 Å². The van der Waals surface area contributed by atoms with Crippen LogP contribution in [0, 0.1) is 32.7 Å². The van der Waals surface area contributed by atoms with Gasteiger partial charge in [0.15, 0.2) is 11.5 Å². The highest BCUT2D eigenvalue weighted by Crippen LogP contribution is 2.73. The molecule has 6 nitrogen and oxygen atoms in total. The summed E-state index contributed by atoms with van der Waals surface area (Å²) in [5, 5.41) is 6.08. The molecule has 2 aromatic carbocycles. The number of hydrogen-bond donors (Lipinski definition) is 0. The number of hydrazone groups is 1. The first kappa shape index (κ1) is 23.0. The summed E-state index contributed by atoms with van der Waals surface area (Å²) in [4.78, 5) is 26.3. The molecule has 4 aliphatic rings. The lowest BCUT2D eigenvalue weighted by molar-refractivity contribution is -0.141. The molecule has 1 aliphatic heterocycles. The minimum absolute atomic E-state index is 0.168. The van der Waals surface area contributed by atoms with Crippen molar-refractivity contribution in [1.82, 2.24) is 5.01 Å². The number of rotatable bonds is 7. The van der Waals surface area contributed by atoms with Crippen LogP contribution < -0.4 is 9.47 Å². The molecular weight excluding hydrogens is 579 g/mol. The molecule has 1 spiro atoms. The molecule has 1 heterocycles. The van der Waals surface area contributed by atoms with E-state index in [1.54, 1.807) is 6.21 Å². The van der Waals surface area contributed by atoms with Gasteiger partial charge in [-0.25, -0.2) is 0 Å². The Labute approximate surface area is 222 Å². The molecule has 1 saturated heterocycles. The molecule has 2 aromatic rings. The van der Waals surface area contributed by atoms with E-state index in [4.69, 9.17) is 21.1 Å². The third-order valence-corrected chi connectivity index (χ3v) is 8.98. The topological polar surface area (TPSA) is 68.2 Å². The fourth-order valence-corrected chi connectivity index (χ4v) is 7.10. The summed E-state index contributed by atoms with van der Waals surface area (Å²) in [6.45, 7) is 2.67. The van der Waals surface area contributed by atoms with Crippen molar-refractivity contribution in [3.05, 3.63) is 68.3 Å². The Balaban J connectivity index is 1.22. The number of imide groups is 1. The second-order valence-electron chi connectivity index (χ2n) is 9.60. The average Bonchev–Trinajstić information content (AvgIpc) is 3.44. The van der Waals surface area contributed by atoms with Crippen molar-refractivity contribution in [2.24, 2.45) is 34.2 Å². The number of amides is 2. The van der Waals surface area contributed by atoms with Gasteiger partial charge in [-0.3, -0.25) is 9.59 Å². The first-order chi connectivity index (χ1) is 16.9. The van der Waals surface area contributed by atoms with E-state index in [1.807, 2.05) is 43.3 Å². The van der Waals surface area contributed by atoms with Crippen LogP contribution in [0.4, 0.5) is 0 Å². The predicted molar refractivity (Wildman–Crippen MR) is 140 cm³/mol. The van der Waals surface area contributed by atoms with Crippen LogP contribution in [0.2, 0.25) is 5.02 Å². The molecule has 2 saturated carbocycles. The number of carbonyl (C=O) groups is 2. The molecule has 0 aromatic heterocycles. The first-order valence-corrected chi connectivity index (χ1v) is 13.3. The van der Waals surface area contributed by atoms with Crippen LogP contribution in [0.15, 0.2) is 53.7 Å². The summed E-state index contributed by atoms with van der Waals surface area (Å²) in [5.74, 6) is 0.723. The summed E-state index contributed by atoms with van der Waals surface area (Å²) in [7, 11) is 0. The van der Waals surface area contributed by atoms with Crippen molar-refractivity contribution in [1.29, 1.82) is 0 Å². The molecule has 8 heteroatoms. The summed E-state index contributed by atoms with van der Waals surface area (Å²) < 4.78 is 12.7. The Bertz CT molecular complexity index is 1250. The molecule has 180 valence electrons. The SMILES string of the molecule is CCOc1cc(/C=N\N2C(=O)[C@H]3[C@H](C2=O)[C@H]2C=C[C@H]3C23CC3)cc(I)c1OCc1ccccc1Cl. The van der Waals surface area contributed by atoms with Gasteiger partial charge in [-0.2, -0.15) is 10.1 Å². The van der Waals surface area contributed by atoms with Crippen LogP contribution >= 0.6 is 34.2 Å². The van der Waals surface area contributed by atoms with Gasteiger partial charge in [0.1, 0.15) is 6.61 Å². The number of halogens is 2. The van der Waals surface area contributed by atoms with Crippen LogP contribution in [-0.4, -0.2) is 29.6 Å². The minimum Gasteiger partial charge on any atom is -0.490 e. The highest BCUT2D eigenvalue weighted by Gasteiger charge is 2.73. The molecule has 0 unspecified atom stereocenters. The van der Waals surface area contributed by atoms with E-state index >= 15 is 0 Å². The highest BCUT2D eigenvalue weighted by molar-refractivity contribution is 14.1. The molecule has 3 fully saturated rings. The lowest BCUT2D eigenvalue weighted by atomic mass is 9.85. The zero-order chi connectivity index (χ0) is 24.3. The summed E-state index contributed by atoms with van der Waals surface area (Å²) in [6.07, 6.45) is 8.12. The fourth-order valence-electron chi connectivity index (χ4n) is 6.13. The van der Waals surface area contributed by atoms with Gasteiger partial charge < -0.3 is 9.47 Å². The smallest absolute Gasteiger partial charge is 0.254 e. The van der Waals surface area contributed by atoms with Gasteiger partial charge in [0.2, 0.25) is 0 Å². The zero-order valence-electron chi connectivity index (χ0n) is 19.1. The lowest BCUT2D eigenvalue weighted by Gasteiger charge is -2.18. The number of carbonyl (C=O) groups excluding carboxylic acids is 2. The maximum Gasteiger partial charge on any atom is 0.254 e. The van der Waals surface area contributed by atoms with Gasteiger partial charge in [-0.1, -0.05) is 42.0 Å². The van der Waals surface area contributed by atoms with Gasteiger partial charge in [0.05, 0.1) is 28.2 Å². The van der Waals surface area contributed by atoms with Crippen LogP contribution in [0.25, 0.3) is 0 Å². The molecule has 35 heavy (non-hydrogen) atoms.